The first-order chi connectivity index (χ1) is 11.1. The Kier molecular flexibility index (Phi) is 4.52. The smallest absolute Gasteiger partial charge is 0.323 e. The first-order valence-electron chi connectivity index (χ1n) is 8.35. The van der Waals surface area contributed by atoms with Gasteiger partial charge in [0.1, 0.15) is 0 Å². The van der Waals surface area contributed by atoms with Gasteiger partial charge in [-0.15, -0.1) is 0 Å². The topological polar surface area (TPSA) is 81.0 Å². The summed E-state index contributed by atoms with van der Waals surface area (Å²) in [6, 6.07) is 5.61. The van der Waals surface area contributed by atoms with Crippen LogP contribution in [0, 0.1) is 0 Å². The monoisotopic (exact) mass is 316 g/mol. The fraction of sp³-hybridized carbons (Fsp3) is 0.529. The van der Waals surface area contributed by atoms with Gasteiger partial charge in [-0.3, -0.25) is 9.69 Å². The van der Waals surface area contributed by atoms with Gasteiger partial charge in [-0.2, -0.15) is 0 Å². The number of benzene rings is 1. The first-order valence-corrected chi connectivity index (χ1v) is 8.35. The predicted octanol–water partition coefficient (Wildman–Crippen LogP) is 1.91. The maximum atomic E-state index is 12.6. The van der Waals surface area contributed by atoms with Crippen molar-refractivity contribution >= 4 is 16.9 Å². The van der Waals surface area contributed by atoms with Crippen molar-refractivity contribution in [3.05, 3.63) is 34.2 Å². The number of likely N-dealkylation sites (tertiary alicyclic amines) is 1. The van der Waals surface area contributed by atoms with Crippen LogP contribution < -0.4 is 11.0 Å². The van der Waals surface area contributed by atoms with E-state index < -0.39 is 0 Å². The molecule has 3 rings (SSSR count). The van der Waals surface area contributed by atoms with Gasteiger partial charge in [-0.25, -0.2) is 4.79 Å². The summed E-state index contributed by atoms with van der Waals surface area (Å²) >= 11 is 0. The second-order valence-corrected chi connectivity index (χ2v) is 6.25. The summed E-state index contributed by atoms with van der Waals surface area (Å²) in [6.45, 7) is 5.98. The van der Waals surface area contributed by atoms with Crippen molar-refractivity contribution in [3.63, 3.8) is 0 Å². The molecule has 2 unspecified atom stereocenters. The molecule has 6 heteroatoms. The molecule has 0 aliphatic carbocycles. The molecule has 1 aromatic carbocycles. The minimum atomic E-state index is -0.213. The van der Waals surface area contributed by atoms with Gasteiger partial charge >= 0.3 is 5.69 Å². The Morgan fingerprint density at radius 2 is 2.13 bits per heavy atom. The van der Waals surface area contributed by atoms with Crippen molar-refractivity contribution in [2.75, 3.05) is 13.1 Å². The van der Waals surface area contributed by atoms with Crippen LogP contribution in [0.25, 0.3) is 11.0 Å². The van der Waals surface area contributed by atoms with Crippen LogP contribution in [0.5, 0.6) is 0 Å². The molecule has 1 aliphatic rings. The summed E-state index contributed by atoms with van der Waals surface area (Å²) in [6.07, 6.45) is 3.21. The fourth-order valence-corrected chi connectivity index (χ4v) is 3.38. The van der Waals surface area contributed by atoms with E-state index in [0.717, 1.165) is 42.5 Å². The molecule has 2 aromatic rings. The zero-order valence-electron chi connectivity index (χ0n) is 13.7. The molecule has 3 N–H and O–H groups in total. The molecular weight excluding hydrogens is 292 g/mol. The average molecular weight is 316 g/mol. The van der Waals surface area contributed by atoms with Crippen LogP contribution >= 0.6 is 0 Å². The molecule has 0 bridgehead atoms. The molecule has 0 saturated carbocycles. The summed E-state index contributed by atoms with van der Waals surface area (Å²) < 4.78 is 0. The third kappa shape index (κ3) is 3.32. The Bertz CT molecular complexity index is 748. The molecule has 1 aliphatic heterocycles. The van der Waals surface area contributed by atoms with Crippen molar-refractivity contribution < 1.29 is 4.79 Å². The lowest BCUT2D eigenvalue weighted by Gasteiger charge is -2.34. The second kappa shape index (κ2) is 6.58. The molecule has 1 fully saturated rings. The van der Waals surface area contributed by atoms with Gasteiger partial charge in [0.05, 0.1) is 23.1 Å². The lowest BCUT2D eigenvalue weighted by molar-refractivity contribution is -0.128. The van der Waals surface area contributed by atoms with Gasteiger partial charge in [-0.1, -0.05) is 19.4 Å². The number of hydrogen-bond donors (Lipinski definition) is 3. The number of carbonyl (C=O) groups excluding carboxylic acids is 1. The van der Waals surface area contributed by atoms with E-state index in [-0.39, 0.29) is 23.7 Å². The molecule has 1 aromatic heterocycles. The minimum Gasteiger partial charge on any atom is -0.348 e. The van der Waals surface area contributed by atoms with Crippen LogP contribution in [0.2, 0.25) is 0 Å². The normalized spacial score (nSPS) is 20.5. The van der Waals surface area contributed by atoms with Gasteiger partial charge in [0, 0.05) is 0 Å². The number of imidazole rings is 1. The molecule has 124 valence electrons. The van der Waals surface area contributed by atoms with E-state index in [9.17, 15) is 9.59 Å². The van der Waals surface area contributed by atoms with E-state index in [0.29, 0.717) is 0 Å². The number of fused-ring (bicyclic) bond motifs is 1. The molecule has 23 heavy (non-hydrogen) atoms. The number of amides is 1. The summed E-state index contributed by atoms with van der Waals surface area (Å²) in [4.78, 5) is 31.7. The van der Waals surface area contributed by atoms with Crippen LogP contribution in [0.3, 0.4) is 0 Å². The zero-order chi connectivity index (χ0) is 16.4. The number of hydrogen-bond acceptors (Lipinski definition) is 3. The number of carbonyl (C=O) groups is 1. The number of aromatic nitrogens is 2. The van der Waals surface area contributed by atoms with Crippen LogP contribution in [0.1, 0.15) is 44.7 Å². The number of piperidine rings is 1. The predicted molar refractivity (Wildman–Crippen MR) is 90.4 cm³/mol. The molecule has 0 spiro atoms. The van der Waals surface area contributed by atoms with Crippen molar-refractivity contribution in [3.8, 4) is 0 Å². The Morgan fingerprint density at radius 1 is 1.35 bits per heavy atom. The Labute approximate surface area is 135 Å². The number of rotatable bonds is 4. The van der Waals surface area contributed by atoms with E-state index in [2.05, 4.69) is 27.1 Å². The summed E-state index contributed by atoms with van der Waals surface area (Å²) in [5.41, 5.74) is 2.32. The Morgan fingerprint density at radius 3 is 2.91 bits per heavy atom. The van der Waals surface area contributed by atoms with E-state index in [4.69, 9.17) is 0 Å². The number of aromatic amines is 2. The van der Waals surface area contributed by atoms with Crippen molar-refractivity contribution in [2.24, 2.45) is 0 Å². The van der Waals surface area contributed by atoms with Crippen molar-refractivity contribution in [2.45, 2.75) is 45.2 Å². The Balaban J connectivity index is 1.72. The van der Waals surface area contributed by atoms with Crippen molar-refractivity contribution in [1.29, 1.82) is 0 Å². The lowest BCUT2D eigenvalue weighted by atomic mass is 10.0. The van der Waals surface area contributed by atoms with Crippen LogP contribution in [-0.2, 0) is 4.79 Å². The highest BCUT2D eigenvalue weighted by molar-refractivity contribution is 5.82. The summed E-state index contributed by atoms with van der Waals surface area (Å²) in [5, 5.41) is 3.12. The molecule has 1 amide bonds. The third-order valence-electron chi connectivity index (χ3n) is 4.72. The molecule has 0 radical (unpaired) electrons. The maximum Gasteiger partial charge on any atom is 0.323 e. The third-order valence-corrected chi connectivity index (χ3v) is 4.72. The van der Waals surface area contributed by atoms with Gasteiger partial charge in [-0.05, 0) is 50.6 Å². The van der Waals surface area contributed by atoms with E-state index in [1.54, 1.807) is 0 Å². The van der Waals surface area contributed by atoms with Crippen LogP contribution in [-0.4, -0.2) is 39.9 Å². The standard InChI is InChI=1S/C17H24N4O2/c1-3-21-9-5-4-6-15(21)16(22)18-11(2)12-7-8-13-14(10-12)20-17(23)19-13/h7-8,10-11,15H,3-6,9H2,1-2H3,(H,18,22)(H2,19,20,23). The summed E-state index contributed by atoms with van der Waals surface area (Å²) in [7, 11) is 0. The lowest BCUT2D eigenvalue weighted by Crippen LogP contribution is -2.49. The van der Waals surface area contributed by atoms with Crippen LogP contribution in [0.4, 0.5) is 0 Å². The number of H-pyrrole nitrogens is 2. The molecule has 2 atom stereocenters. The van der Waals surface area contributed by atoms with E-state index in [1.165, 1.54) is 6.42 Å². The molecular formula is C17H24N4O2. The van der Waals surface area contributed by atoms with Crippen molar-refractivity contribution in [1.82, 2.24) is 20.2 Å². The largest absolute Gasteiger partial charge is 0.348 e. The highest BCUT2D eigenvalue weighted by Crippen LogP contribution is 2.20. The SMILES string of the molecule is CCN1CCCCC1C(=O)NC(C)c1ccc2[nH]c(=O)[nH]c2c1. The Hall–Kier alpha value is -2.08. The maximum absolute atomic E-state index is 12.6. The van der Waals surface area contributed by atoms with Gasteiger partial charge in [0.25, 0.3) is 0 Å². The molecule has 6 nitrogen and oxygen atoms in total. The number of likely N-dealkylation sites (N-methyl/N-ethyl adjacent to an activating group) is 1. The highest BCUT2D eigenvalue weighted by atomic mass is 16.2. The summed E-state index contributed by atoms with van der Waals surface area (Å²) in [5.74, 6) is 0.0988. The number of nitrogens with zero attached hydrogens (tertiary/aromatic N) is 1. The minimum absolute atomic E-state index is 0.0213. The quantitative estimate of drug-likeness (QED) is 0.806. The molecule has 1 saturated heterocycles. The van der Waals surface area contributed by atoms with Gasteiger partial charge in [0.15, 0.2) is 0 Å². The second-order valence-electron chi connectivity index (χ2n) is 6.25. The van der Waals surface area contributed by atoms with E-state index in [1.807, 2.05) is 25.1 Å². The molecule has 2 heterocycles. The number of nitrogens with one attached hydrogen (secondary N) is 3. The van der Waals surface area contributed by atoms with Gasteiger partial charge in [0.2, 0.25) is 5.91 Å². The van der Waals surface area contributed by atoms with Gasteiger partial charge < -0.3 is 15.3 Å². The fourth-order valence-electron chi connectivity index (χ4n) is 3.38. The zero-order valence-corrected chi connectivity index (χ0v) is 13.7. The van der Waals surface area contributed by atoms with E-state index >= 15 is 0 Å². The van der Waals surface area contributed by atoms with Crippen LogP contribution in [0.15, 0.2) is 23.0 Å². The first kappa shape index (κ1) is 15.8. The highest BCUT2D eigenvalue weighted by Gasteiger charge is 2.28. The average Bonchev–Trinajstić information content (AvgIpc) is 2.93.